The first-order valence-electron chi connectivity index (χ1n) is 10.8. The van der Waals surface area contributed by atoms with Crippen molar-refractivity contribution in [3.63, 3.8) is 0 Å². The lowest BCUT2D eigenvalue weighted by Gasteiger charge is -2.19. The molecule has 174 valence electrons. The Balaban J connectivity index is 1.87. The van der Waals surface area contributed by atoms with Gasteiger partial charge in [-0.05, 0) is 43.5 Å². The zero-order valence-corrected chi connectivity index (χ0v) is 20.0. The average molecular weight is 461 g/mol. The maximum absolute atomic E-state index is 12.7. The number of ether oxygens (including phenoxy) is 1. The summed E-state index contributed by atoms with van der Waals surface area (Å²) in [4.78, 5) is 24.6. The number of aryl methyl sites for hydroxylation is 3. The van der Waals surface area contributed by atoms with E-state index < -0.39 is 16.0 Å². The molecule has 0 heterocycles. The Kier molecular flexibility index (Phi) is 9.41. The molecule has 0 radical (unpaired) electrons. The smallest absolute Gasteiger partial charge is 0.338 e. The van der Waals surface area contributed by atoms with E-state index in [4.69, 9.17) is 4.74 Å². The van der Waals surface area contributed by atoms with Crippen LogP contribution in [-0.4, -0.2) is 50.8 Å². The molecule has 2 aromatic rings. The summed E-state index contributed by atoms with van der Waals surface area (Å²) in [5.41, 5.74) is 3.08. The molecule has 0 fully saturated rings. The molecule has 0 unspecified atom stereocenters. The summed E-state index contributed by atoms with van der Waals surface area (Å²) in [6, 6.07) is 12.5. The first-order valence-corrected chi connectivity index (χ1v) is 12.2. The molecular formula is C24H32N2O5S. The monoisotopic (exact) mass is 460 g/mol. The van der Waals surface area contributed by atoms with Crippen molar-refractivity contribution < 1.29 is 22.7 Å². The van der Waals surface area contributed by atoms with Crippen LogP contribution in [0.4, 0.5) is 0 Å². The topological polar surface area (TPSA) is 92.8 Å². The van der Waals surface area contributed by atoms with Gasteiger partial charge < -0.3 is 10.1 Å². The number of carbonyl (C=O) groups is 2. The molecule has 0 bridgehead atoms. The Hall–Kier alpha value is -2.71. The summed E-state index contributed by atoms with van der Waals surface area (Å²) in [7, 11) is -3.67. The Morgan fingerprint density at radius 1 is 1.00 bits per heavy atom. The molecule has 0 aliphatic carbocycles. The molecule has 0 aromatic heterocycles. The fourth-order valence-electron chi connectivity index (χ4n) is 3.21. The lowest BCUT2D eigenvalue weighted by molar-refractivity contribution is -0.121. The lowest BCUT2D eigenvalue weighted by atomic mass is 10.1. The van der Waals surface area contributed by atoms with Crippen molar-refractivity contribution in [2.24, 2.45) is 0 Å². The van der Waals surface area contributed by atoms with E-state index in [1.165, 1.54) is 22.0 Å². The third kappa shape index (κ3) is 6.90. The van der Waals surface area contributed by atoms with Gasteiger partial charge >= 0.3 is 5.97 Å². The minimum atomic E-state index is -3.67. The molecule has 2 aromatic carbocycles. The number of hydrogen-bond acceptors (Lipinski definition) is 5. The highest BCUT2D eigenvalue weighted by Gasteiger charge is 2.23. The van der Waals surface area contributed by atoms with Gasteiger partial charge in [-0.3, -0.25) is 4.79 Å². The number of amides is 1. The van der Waals surface area contributed by atoms with E-state index >= 15 is 0 Å². The van der Waals surface area contributed by atoms with E-state index in [1.54, 1.807) is 26.8 Å². The standard InChI is InChI=1S/C24H32N2O5S/c1-5-26(6-2)32(29,30)21-13-9-19(4)22(17-21)24(28)31-16-15-25-23(27)14-12-20-10-7-18(3)8-11-20/h7-11,13,17H,5-6,12,14-16H2,1-4H3,(H,25,27). The normalized spacial score (nSPS) is 11.4. The van der Waals surface area contributed by atoms with Gasteiger partial charge in [0.1, 0.15) is 6.61 Å². The van der Waals surface area contributed by atoms with Gasteiger partial charge in [-0.25, -0.2) is 13.2 Å². The first kappa shape index (κ1) is 25.5. The van der Waals surface area contributed by atoms with Crippen molar-refractivity contribution in [3.8, 4) is 0 Å². The van der Waals surface area contributed by atoms with Crippen LogP contribution in [0.15, 0.2) is 47.4 Å². The molecule has 0 saturated carbocycles. The van der Waals surface area contributed by atoms with E-state index in [-0.39, 0.29) is 29.5 Å². The van der Waals surface area contributed by atoms with Gasteiger partial charge in [-0.1, -0.05) is 49.7 Å². The maximum Gasteiger partial charge on any atom is 0.338 e. The highest BCUT2D eigenvalue weighted by Crippen LogP contribution is 2.20. The molecule has 1 N–H and O–H groups in total. The lowest BCUT2D eigenvalue weighted by Crippen LogP contribution is -2.31. The summed E-state index contributed by atoms with van der Waals surface area (Å²) in [6.45, 7) is 8.14. The SMILES string of the molecule is CCN(CC)S(=O)(=O)c1ccc(C)c(C(=O)OCCNC(=O)CCc2ccc(C)cc2)c1. The number of nitrogens with zero attached hydrogens (tertiary/aromatic N) is 1. The molecule has 0 aliphatic heterocycles. The number of carbonyl (C=O) groups excluding carboxylic acids is 2. The van der Waals surface area contributed by atoms with Crippen molar-refractivity contribution in [1.82, 2.24) is 9.62 Å². The number of esters is 1. The third-order valence-corrected chi connectivity index (χ3v) is 7.24. The van der Waals surface area contributed by atoms with E-state index in [9.17, 15) is 18.0 Å². The summed E-state index contributed by atoms with van der Waals surface area (Å²) in [5, 5.41) is 2.73. The second-order valence-electron chi connectivity index (χ2n) is 7.54. The maximum atomic E-state index is 12.7. The van der Waals surface area contributed by atoms with Crippen LogP contribution in [0.5, 0.6) is 0 Å². The first-order chi connectivity index (χ1) is 15.2. The van der Waals surface area contributed by atoms with Crippen LogP contribution in [0.3, 0.4) is 0 Å². The van der Waals surface area contributed by atoms with Crippen LogP contribution in [0.25, 0.3) is 0 Å². The summed E-state index contributed by atoms with van der Waals surface area (Å²) < 4.78 is 32.0. The van der Waals surface area contributed by atoms with Crippen molar-refractivity contribution >= 4 is 21.9 Å². The third-order valence-electron chi connectivity index (χ3n) is 5.19. The zero-order valence-electron chi connectivity index (χ0n) is 19.2. The fourth-order valence-corrected chi connectivity index (χ4v) is 4.69. The molecule has 32 heavy (non-hydrogen) atoms. The second-order valence-corrected chi connectivity index (χ2v) is 9.48. The van der Waals surface area contributed by atoms with Gasteiger partial charge in [0, 0.05) is 19.5 Å². The Bertz CT molecular complexity index is 1030. The van der Waals surface area contributed by atoms with Crippen molar-refractivity contribution in [3.05, 3.63) is 64.7 Å². The molecule has 0 spiro atoms. The largest absolute Gasteiger partial charge is 0.460 e. The van der Waals surface area contributed by atoms with Crippen LogP contribution in [0.1, 0.15) is 47.3 Å². The van der Waals surface area contributed by atoms with E-state index in [2.05, 4.69) is 5.32 Å². The quantitative estimate of drug-likeness (QED) is 0.411. The van der Waals surface area contributed by atoms with Crippen LogP contribution >= 0.6 is 0 Å². The highest BCUT2D eigenvalue weighted by atomic mass is 32.2. The molecule has 0 aliphatic rings. The van der Waals surface area contributed by atoms with Crippen molar-refractivity contribution in [2.45, 2.75) is 45.4 Å². The van der Waals surface area contributed by atoms with E-state index in [0.29, 0.717) is 31.5 Å². The van der Waals surface area contributed by atoms with Gasteiger partial charge in [-0.15, -0.1) is 0 Å². The van der Waals surface area contributed by atoms with E-state index in [0.717, 1.165) is 5.56 Å². The number of nitrogens with one attached hydrogen (secondary N) is 1. The Labute approximate surface area is 190 Å². The zero-order chi connectivity index (χ0) is 23.7. The Morgan fingerprint density at radius 2 is 1.66 bits per heavy atom. The average Bonchev–Trinajstić information content (AvgIpc) is 2.77. The number of rotatable bonds is 11. The minimum Gasteiger partial charge on any atom is -0.460 e. The Morgan fingerprint density at radius 3 is 2.28 bits per heavy atom. The predicted octanol–water partition coefficient (Wildman–Crippen LogP) is 3.24. The summed E-state index contributed by atoms with van der Waals surface area (Å²) >= 11 is 0. The van der Waals surface area contributed by atoms with Crippen molar-refractivity contribution in [2.75, 3.05) is 26.2 Å². The van der Waals surface area contributed by atoms with Gasteiger partial charge in [-0.2, -0.15) is 4.31 Å². The summed E-state index contributed by atoms with van der Waals surface area (Å²) in [5.74, 6) is -0.738. The second kappa shape index (κ2) is 11.8. The van der Waals surface area contributed by atoms with Gasteiger partial charge in [0.15, 0.2) is 0 Å². The molecular weight excluding hydrogens is 428 g/mol. The molecule has 0 saturated heterocycles. The van der Waals surface area contributed by atoms with Crippen LogP contribution in [0.2, 0.25) is 0 Å². The predicted molar refractivity (Wildman–Crippen MR) is 124 cm³/mol. The minimum absolute atomic E-state index is 0.00156. The van der Waals surface area contributed by atoms with Crippen LogP contribution < -0.4 is 5.32 Å². The van der Waals surface area contributed by atoms with Gasteiger partial charge in [0.05, 0.1) is 17.0 Å². The van der Waals surface area contributed by atoms with Gasteiger partial charge in [0.2, 0.25) is 15.9 Å². The number of benzene rings is 2. The molecule has 7 nitrogen and oxygen atoms in total. The van der Waals surface area contributed by atoms with Gasteiger partial charge in [0.25, 0.3) is 0 Å². The number of hydrogen-bond donors (Lipinski definition) is 1. The fraction of sp³-hybridized carbons (Fsp3) is 0.417. The van der Waals surface area contributed by atoms with E-state index in [1.807, 2.05) is 31.2 Å². The number of sulfonamides is 1. The molecule has 1 amide bonds. The van der Waals surface area contributed by atoms with Crippen LogP contribution in [0, 0.1) is 13.8 Å². The van der Waals surface area contributed by atoms with Crippen molar-refractivity contribution in [1.29, 1.82) is 0 Å². The van der Waals surface area contributed by atoms with Crippen LogP contribution in [-0.2, 0) is 26.0 Å². The molecule has 0 atom stereocenters. The highest BCUT2D eigenvalue weighted by molar-refractivity contribution is 7.89. The molecule has 2 rings (SSSR count). The summed E-state index contributed by atoms with van der Waals surface area (Å²) in [6.07, 6.45) is 0.986. The molecule has 8 heteroatoms.